The van der Waals surface area contributed by atoms with Crippen molar-refractivity contribution in [1.29, 1.82) is 0 Å². The van der Waals surface area contributed by atoms with Crippen molar-refractivity contribution in [1.82, 2.24) is 0 Å². The summed E-state index contributed by atoms with van der Waals surface area (Å²) in [6, 6.07) is 6.25. The maximum Gasteiger partial charge on any atom is 0.0441 e. The van der Waals surface area contributed by atoms with Gasteiger partial charge in [-0.15, -0.1) is 0 Å². The Hall–Kier alpha value is -0.530. The Kier molecular flexibility index (Phi) is 2.56. The highest BCUT2D eigenvalue weighted by Gasteiger charge is 2.57. The van der Waals surface area contributed by atoms with Gasteiger partial charge in [0.1, 0.15) is 0 Å². The van der Waals surface area contributed by atoms with Crippen LogP contribution in [0.1, 0.15) is 30.9 Å². The zero-order chi connectivity index (χ0) is 11.2. The predicted molar refractivity (Wildman–Crippen MR) is 65.3 cm³/mol. The van der Waals surface area contributed by atoms with E-state index in [0.29, 0.717) is 17.3 Å². The molecule has 15 heavy (non-hydrogen) atoms. The molecule has 2 atom stereocenters. The van der Waals surface area contributed by atoms with Gasteiger partial charge in [0.15, 0.2) is 0 Å². The first kappa shape index (κ1) is 11.0. The Bertz CT molecular complexity index is 384. The van der Waals surface area contributed by atoms with Crippen LogP contribution in [0.3, 0.4) is 0 Å². The van der Waals surface area contributed by atoms with Crippen LogP contribution in [0, 0.1) is 18.3 Å². The van der Waals surface area contributed by atoms with Crippen LogP contribution in [-0.2, 0) is 0 Å². The van der Waals surface area contributed by atoms with Crippen LogP contribution in [0.2, 0.25) is 5.02 Å². The van der Waals surface area contributed by atoms with Crippen LogP contribution >= 0.6 is 11.6 Å². The van der Waals surface area contributed by atoms with Crippen molar-refractivity contribution in [3.05, 3.63) is 34.3 Å². The quantitative estimate of drug-likeness (QED) is 0.818. The zero-order valence-corrected chi connectivity index (χ0v) is 10.3. The van der Waals surface area contributed by atoms with E-state index in [0.717, 1.165) is 11.6 Å². The standard InChI is InChI=1S/C13H18ClN/c1-8-4-5-11(14)9(6-8)12-10(7-15)13(12,2)3/h4-6,10,12H,7,15H2,1-3H3. The van der Waals surface area contributed by atoms with Gasteiger partial charge in [-0.3, -0.25) is 0 Å². The lowest BCUT2D eigenvalue weighted by molar-refractivity contribution is 0.558. The first-order chi connectivity index (χ1) is 6.98. The minimum Gasteiger partial charge on any atom is -0.330 e. The average molecular weight is 224 g/mol. The van der Waals surface area contributed by atoms with Crippen molar-refractivity contribution in [3.8, 4) is 0 Å². The maximum atomic E-state index is 6.24. The smallest absolute Gasteiger partial charge is 0.0441 e. The number of aryl methyl sites for hydroxylation is 1. The molecule has 1 aliphatic carbocycles. The van der Waals surface area contributed by atoms with E-state index in [1.54, 1.807) is 0 Å². The minimum atomic E-state index is 0.312. The lowest BCUT2D eigenvalue weighted by atomic mass is 10.0. The summed E-state index contributed by atoms with van der Waals surface area (Å²) in [7, 11) is 0. The van der Waals surface area contributed by atoms with Crippen LogP contribution in [0.4, 0.5) is 0 Å². The molecule has 2 heteroatoms. The molecule has 1 aliphatic rings. The molecule has 82 valence electrons. The fraction of sp³-hybridized carbons (Fsp3) is 0.538. The van der Waals surface area contributed by atoms with Crippen molar-refractivity contribution < 1.29 is 0 Å². The Morgan fingerprint density at radius 2 is 2.07 bits per heavy atom. The number of halogens is 1. The molecule has 0 saturated heterocycles. The van der Waals surface area contributed by atoms with E-state index >= 15 is 0 Å². The molecule has 1 nitrogen and oxygen atoms in total. The topological polar surface area (TPSA) is 26.0 Å². The summed E-state index contributed by atoms with van der Waals surface area (Å²) in [6.45, 7) is 7.40. The van der Waals surface area contributed by atoms with E-state index in [9.17, 15) is 0 Å². The van der Waals surface area contributed by atoms with Gasteiger partial charge in [0.25, 0.3) is 0 Å². The Morgan fingerprint density at radius 3 is 2.60 bits per heavy atom. The van der Waals surface area contributed by atoms with Gasteiger partial charge in [0.05, 0.1) is 0 Å². The third-order valence-electron chi connectivity index (χ3n) is 3.79. The number of nitrogens with two attached hydrogens (primary N) is 1. The van der Waals surface area contributed by atoms with E-state index in [1.165, 1.54) is 11.1 Å². The first-order valence-electron chi connectivity index (χ1n) is 5.44. The molecular weight excluding hydrogens is 206 g/mol. The summed E-state index contributed by atoms with van der Waals surface area (Å²) >= 11 is 6.24. The van der Waals surface area contributed by atoms with Crippen LogP contribution < -0.4 is 5.73 Å². The second-order valence-corrected chi connectivity index (χ2v) is 5.57. The molecule has 0 aromatic heterocycles. The summed E-state index contributed by atoms with van der Waals surface area (Å²) in [5, 5.41) is 0.884. The second kappa shape index (κ2) is 3.50. The largest absolute Gasteiger partial charge is 0.330 e. The first-order valence-corrected chi connectivity index (χ1v) is 5.82. The molecule has 2 unspecified atom stereocenters. The van der Waals surface area contributed by atoms with E-state index in [4.69, 9.17) is 17.3 Å². The van der Waals surface area contributed by atoms with Crippen LogP contribution in [0.25, 0.3) is 0 Å². The third kappa shape index (κ3) is 1.68. The third-order valence-corrected chi connectivity index (χ3v) is 4.14. The fourth-order valence-electron chi connectivity index (χ4n) is 2.70. The molecule has 2 rings (SSSR count). The number of hydrogen-bond acceptors (Lipinski definition) is 1. The highest BCUT2D eigenvalue weighted by molar-refractivity contribution is 6.31. The van der Waals surface area contributed by atoms with Crippen molar-refractivity contribution in [3.63, 3.8) is 0 Å². The fourth-order valence-corrected chi connectivity index (χ4v) is 2.94. The molecule has 0 amide bonds. The van der Waals surface area contributed by atoms with Crippen LogP contribution in [0.5, 0.6) is 0 Å². The van der Waals surface area contributed by atoms with Gasteiger partial charge in [-0.1, -0.05) is 43.1 Å². The molecule has 0 spiro atoms. The van der Waals surface area contributed by atoms with Gasteiger partial charge in [-0.05, 0) is 42.3 Å². The van der Waals surface area contributed by atoms with Crippen molar-refractivity contribution >= 4 is 11.6 Å². The summed E-state index contributed by atoms with van der Waals surface area (Å²) < 4.78 is 0. The normalized spacial score (nSPS) is 27.8. The molecule has 2 N–H and O–H groups in total. The predicted octanol–water partition coefficient (Wildman–Crippen LogP) is 3.35. The van der Waals surface area contributed by atoms with Crippen LogP contribution in [0.15, 0.2) is 18.2 Å². The van der Waals surface area contributed by atoms with E-state index in [2.05, 4.69) is 32.9 Å². The molecule has 0 aliphatic heterocycles. The highest BCUT2D eigenvalue weighted by atomic mass is 35.5. The molecule has 1 aromatic carbocycles. The number of benzene rings is 1. The van der Waals surface area contributed by atoms with Gasteiger partial charge in [0.2, 0.25) is 0 Å². The monoisotopic (exact) mass is 223 g/mol. The van der Waals surface area contributed by atoms with E-state index in [-0.39, 0.29) is 0 Å². The number of hydrogen-bond donors (Lipinski definition) is 1. The lowest BCUT2D eigenvalue weighted by Gasteiger charge is -2.06. The van der Waals surface area contributed by atoms with Gasteiger partial charge < -0.3 is 5.73 Å². The van der Waals surface area contributed by atoms with Gasteiger partial charge >= 0.3 is 0 Å². The van der Waals surface area contributed by atoms with Gasteiger partial charge in [0, 0.05) is 5.02 Å². The SMILES string of the molecule is Cc1ccc(Cl)c(C2C(CN)C2(C)C)c1. The molecule has 0 radical (unpaired) electrons. The Morgan fingerprint density at radius 1 is 1.40 bits per heavy atom. The highest BCUT2D eigenvalue weighted by Crippen LogP contribution is 2.64. The average Bonchev–Trinajstić information content (AvgIpc) is 2.72. The number of rotatable bonds is 2. The molecule has 1 saturated carbocycles. The maximum absolute atomic E-state index is 6.24. The molecular formula is C13H18ClN. The van der Waals surface area contributed by atoms with Gasteiger partial charge in [-0.2, -0.15) is 0 Å². The van der Waals surface area contributed by atoms with Gasteiger partial charge in [-0.25, -0.2) is 0 Å². The summed E-state index contributed by atoms with van der Waals surface area (Å²) in [5.74, 6) is 1.12. The van der Waals surface area contributed by atoms with Crippen molar-refractivity contribution in [2.75, 3.05) is 6.54 Å². The van der Waals surface area contributed by atoms with E-state index in [1.807, 2.05) is 6.07 Å². The minimum absolute atomic E-state index is 0.312. The molecule has 0 heterocycles. The molecule has 0 bridgehead atoms. The van der Waals surface area contributed by atoms with Crippen molar-refractivity contribution in [2.45, 2.75) is 26.7 Å². The summed E-state index contributed by atoms with van der Waals surface area (Å²) in [6.07, 6.45) is 0. The van der Waals surface area contributed by atoms with Crippen LogP contribution in [-0.4, -0.2) is 6.54 Å². The zero-order valence-electron chi connectivity index (χ0n) is 9.55. The molecule has 1 aromatic rings. The summed E-state index contributed by atoms with van der Waals surface area (Å²) in [4.78, 5) is 0. The lowest BCUT2D eigenvalue weighted by Crippen LogP contribution is -2.05. The second-order valence-electron chi connectivity index (χ2n) is 5.17. The summed E-state index contributed by atoms with van der Waals surface area (Å²) in [5.41, 5.74) is 8.64. The molecule has 1 fully saturated rings. The Balaban J connectivity index is 2.36. The Labute approximate surface area is 96.6 Å². The van der Waals surface area contributed by atoms with E-state index < -0.39 is 0 Å². The van der Waals surface area contributed by atoms with Crippen molar-refractivity contribution in [2.24, 2.45) is 17.1 Å².